The van der Waals surface area contributed by atoms with Gasteiger partial charge in [-0.3, -0.25) is 4.98 Å². The van der Waals surface area contributed by atoms with E-state index in [1.807, 2.05) is 6.07 Å². The van der Waals surface area contributed by atoms with Crippen molar-refractivity contribution in [2.24, 2.45) is 0 Å². The Morgan fingerprint density at radius 1 is 1.60 bits per heavy atom. The Balaban J connectivity index is 3.24. The molecule has 0 saturated heterocycles. The topological polar surface area (TPSA) is 36.7 Å². The molecule has 0 N–H and O–H groups in total. The lowest BCUT2D eigenvalue weighted by Gasteiger charge is -2.09. The van der Waals surface area contributed by atoms with Gasteiger partial charge in [0.05, 0.1) is 18.2 Å². The molecule has 80 valence electrons. The van der Waals surface area contributed by atoms with Crippen LogP contribution in [0.2, 0.25) is 0 Å². The van der Waals surface area contributed by atoms with Crippen LogP contribution < -0.4 is 0 Å². The molecule has 0 aliphatic heterocycles. The maximum atomic E-state index is 12.5. The lowest BCUT2D eigenvalue weighted by Crippen LogP contribution is -2.02. The van der Waals surface area contributed by atoms with Gasteiger partial charge in [-0.25, -0.2) is 8.78 Å². The van der Waals surface area contributed by atoms with Gasteiger partial charge < -0.3 is 0 Å². The summed E-state index contributed by atoms with van der Waals surface area (Å²) in [6.45, 7) is 1.50. The van der Waals surface area contributed by atoms with E-state index in [-0.39, 0.29) is 23.6 Å². The molecule has 1 heterocycles. The minimum absolute atomic E-state index is 0.0873. The van der Waals surface area contributed by atoms with E-state index >= 15 is 0 Å². The second-order valence-electron chi connectivity index (χ2n) is 3.04. The Labute approximate surface area is 91.5 Å². The van der Waals surface area contributed by atoms with Crippen molar-refractivity contribution in [2.45, 2.75) is 25.7 Å². The first-order valence-corrected chi connectivity index (χ1v) is 4.84. The molecule has 0 radical (unpaired) electrons. The molecule has 0 spiro atoms. The maximum Gasteiger partial charge on any atom is 0.265 e. The second-order valence-corrected chi connectivity index (χ2v) is 3.31. The van der Waals surface area contributed by atoms with Gasteiger partial charge in [-0.2, -0.15) is 5.26 Å². The van der Waals surface area contributed by atoms with Gasteiger partial charge in [-0.15, -0.1) is 11.6 Å². The standard InChI is InChI=1S/C10H9ClF2N2/c1-6-8(10(12)13)4-7(5-11)9(15-6)2-3-14/h4,10H,2,5H2,1H3. The second kappa shape index (κ2) is 5.04. The molecule has 0 aromatic carbocycles. The highest BCUT2D eigenvalue weighted by Gasteiger charge is 2.15. The third kappa shape index (κ3) is 2.63. The van der Waals surface area contributed by atoms with Gasteiger partial charge in [-0.05, 0) is 18.6 Å². The van der Waals surface area contributed by atoms with Gasteiger partial charge in [0, 0.05) is 17.1 Å². The summed E-state index contributed by atoms with van der Waals surface area (Å²) in [5, 5.41) is 8.53. The van der Waals surface area contributed by atoms with E-state index in [0.29, 0.717) is 11.3 Å². The van der Waals surface area contributed by atoms with E-state index in [1.165, 1.54) is 13.0 Å². The predicted octanol–water partition coefficient (Wildman–Crippen LogP) is 3.13. The van der Waals surface area contributed by atoms with Crippen LogP contribution in [-0.4, -0.2) is 4.98 Å². The average Bonchev–Trinajstić information content (AvgIpc) is 2.18. The first kappa shape index (κ1) is 11.9. The quantitative estimate of drug-likeness (QED) is 0.748. The fourth-order valence-electron chi connectivity index (χ4n) is 1.28. The van der Waals surface area contributed by atoms with Crippen LogP contribution in [0.4, 0.5) is 8.78 Å². The predicted molar refractivity (Wildman–Crippen MR) is 52.8 cm³/mol. The summed E-state index contributed by atoms with van der Waals surface area (Å²) in [6.07, 6.45) is -2.47. The van der Waals surface area contributed by atoms with Crippen LogP contribution in [0, 0.1) is 18.3 Å². The van der Waals surface area contributed by atoms with E-state index < -0.39 is 6.43 Å². The van der Waals surface area contributed by atoms with Crippen LogP contribution in [0.3, 0.4) is 0 Å². The van der Waals surface area contributed by atoms with Crippen LogP contribution in [0.25, 0.3) is 0 Å². The number of nitriles is 1. The monoisotopic (exact) mass is 230 g/mol. The first-order valence-electron chi connectivity index (χ1n) is 4.30. The molecule has 0 aliphatic rings. The molecule has 0 atom stereocenters. The van der Waals surface area contributed by atoms with Crippen LogP contribution in [0.15, 0.2) is 6.07 Å². The van der Waals surface area contributed by atoms with Gasteiger partial charge in [0.25, 0.3) is 6.43 Å². The number of pyridine rings is 1. The molecule has 1 aromatic heterocycles. The molecule has 15 heavy (non-hydrogen) atoms. The Kier molecular flexibility index (Phi) is 3.98. The summed E-state index contributed by atoms with van der Waals surface area (Å²) < 4.78 is 25.0. The number of rotatable bonds is 3. The van der Waals surface area contributed by atoms with E-state index in [2.05, 4.69) is 4.98 Å². The lowest BCUT2D eigenvalue weighted by molar-refractivity contribution is 0.150. The third-order valence-corrected chi connectivity index (χ3v) is 2.33. The van der Waals surface area contributed by atoms with Crippen molar-refractivity contribution in [3.05, 3.63) is 28.6 Å². The van der Waals surface area contributed by atoms with Crippen molar-refractivity contribution < 1.29 is 8.78 Å². The number of hydrogen-bond acceptors (Lipinski definition) is 2. The van der Waals surface area contributed by atoms with E-state index in [4.69, 9.17) is 16.9 Å². The summed E-state index contributed by atoms with van der Waals surface area (Å²) in [5.74, 6) is 0.0873. The summed E-state index contributed by atoms with van der Waals surface area (Å²) in [6, 6.07) is 3.25. The van der Waals surface area contributed by atoms with Crippen molar-refractivity contribution in [3.63, 3.8) is 0 Å². The van der Waals surface area contributed by atoms with Crippen molar-refractivity contribution in [2.75, 3.05) is 0 Å². The highest BCUT2D eigenvalue weighted by Crippen LogP contribution is 2.24. The molecule has 0 bridgehead atoms. The summed E-state index contributed by atoms with van der Waals surface area (Å²) in [5.41, 5.74) is 1.12. The zero-order valence-electron chi connectivity index (χ0n) is 8.10. The molecule has 0 saturated carbocycles. The third-order valence-electron chi connectivity index (χ3n) is 2.05. The molecule has 1 aromatic rings. The van der Waals surface area contributed by atoms with Crippen LogP contribution in [0.1, 0.15) is 28.9 Å². The molecule has 5 heteroatoms. The van der Waals surface area contributed by atoms with Crippen molar-refractivity contribution >= 4 is 11.6 Å². The van der Waals surface area contributed by atoms with Crippen molar-refractivity contribution in [1.82, 2.24) is 4.98 Å². The van der Waals surface area contributed by atoms with Gasteiger partial charge in [0.2, 0.25) is 0 Å². The number of aromatic nitrogens is 1. The van der Waals surface area contributed by atoms with Crippen LogP contribution in [-0.2, 0) is 12.3 Å². The zero-order chi connectivity index (χ0) is 11.4. The molecule has 0 fully saturated rings. The van der Waals surface area contributed by atoms with E-state index in [1.54, 1.807) is 0 Å². The Bertz CT molecular complexity index is 399. The number of alkyl halides is 3. The Morgan fingerprint density at radius 3 is 2.73 bits per heavy atom. The molecule has 0 unspecified atom stereocenters. The minimum Gasteiger partial charge on any atom is -0.256 e. The van der Waals surface area contributed by atoms with Crippen molar-refractivity contribution in [3.8, 4) is 6.07 Å². The minimum atomic E-state index is -2.56. The van der Waals surface area contributed by atoms with Crippen LogP contribution >= 0.6 is 11.6 Å². The number of aryl methyl sites for hydroxylation is 1. The Morgan fingerprint density at radius 2 is 2.27 bits per heavy atom. The van der Waals surface area contributed by atoms with Gasteiger partial charge in [-0.1, -0.05) is 0 Å². The molecular weight excluding hydrogens is 222 g/mol. The van der Waals surface area contributed by atoms with Gasteiger partial charge in [0.15, 0.2) is 0 Å². The fourth-order valence-corrected chi connectivity index (χ4v) is 1.51. The molecule has 2 nitrogen and oxygen atoms in total. The van der Waals surface area contributed by atoms with Gasteiger partial charge >= 0.3 is 0 Å². The largest absolute Gasteiger partial charge is 0.265 e. The number of hydrogen-bond donors (Lipinski definition) is 0. The zero-order valence-corrected chi connectivity index (χ0v) is 8.85. The summed E-state index contributed by atoms with van der Waals surface area (Å²) in [4.78, 5) is 3.97. The number of halogens is 3. The van der Waals surface area contributed by atoms with Gasteiger partial charge in [0.1, 0.15) is 0 Å². The molecule has 0 amide bonds. The number of nitrogens with zero attached hydrogens (tertiary/aromatic N) is 2. The maximum absolute atomic E-state index is 12.5. The molecule has 1 rings (SSSR count). The summed E-state index contributed by atoms with van der Waals surface area (Å²) in [7, 11) is 0. The average molecular weight is 231 g/mol. The van der Waals surface area contributed by atoms with Crippen molar-refractivity contribution in [1.29, 1.82) is 5.26 Å². The first-order chi connectivity index (χ1) is 7.10. The summed E-state index contributed by atoms with van der Waals surface area (Å²) >= 11 is 5.60. The normalized spacial score (nSPS) is 10.4. The fraction of sp³-hybridized carbons (Fsp3) is 0.400. The van der Waals surface area contributed by atoms with E-state index in [0.717, 1.165) is 0 Å². The SMILES string of the molecule is Cc1nc(CC#N)c(CCl)cc1C(F)F. The van der Waals surface area contributed by atoms with Crippen LogP contribution in [0.5, 0.6) is 0 Å². The smallest absolute Gasteiger partial charge is 0.256 e. The lowest BCUT2D eigenvalue weighted by atomic mass is 10.1. The molecular formula is C10H9ClF2N2. The highest BCUT2D eigenvalue weighted by molar-refractivity contribution is 6.17. The highest BCUT2D eigenvalue weighted by atomic mass is 35.5. The Hall–Kier alpha value is -1.21. The van der Waals surface area contributed by atoms with E-state index in [9.17, 15) is 8.78 Å². The molecule has 0 aliphatic carbocycles.